The van der Waals surface area contributed by atoms with Crippen LogP contribution >= 0.6 is 15.2 Å². The van der Waals surface area contributed by atoms with E-state index in [1.807, 2.05) is 74.5 Å². The molecule has 0 aliphatic heterocycles. The smallest absolute Gasteiger partial charge is 0.324 e. The van der Waals surface area contributed by atoms with Crippen LogP contribution in [0.5, 0.6) is 0 Å². The van der Waals surface area contributed by atoms with Crippen molar-refractivity contribution in [1.82, 2.24) is 0 Å². The van der Waals surface area contributed by atoms with Crippen molar-refractivity contribution < 1.29 is 27.6 Å². The van der Waals surface area contributed by atoms with Gasteiger partial charge in [0.15, 0.2) is 0 Å². The summed E-state index contributed by atoms with van der Waals surface area (Å²) in [4.78, 5) is 9.30. The van der Waals surface area contributed by atoms with Gasteiger partial charge in [-0.25, -0.2) is 0 Å². The van der Waals surface area contributed by atoms with Crippen LogP contribution < -0.4 is 0 Å². The molecule has 28 heavy (non-hydrogen) atoms. The summed E-state index contributed by atoms with van der Waals surface area (Å²) in [6, 6.07) is 18.7. The SMILES string of the molecule is CCOP(=O)(Cc1ccccc1)OCC.CCOP(=O)(O)Cc1ccccc1. The van der Waals surface area contributed by atoms with Gasteiger partial charge in [-0.05, 0) is 31.9 Å². The second kappa shape index (κ2) is 13.1. The largest absolute Gasteiger partial charge is 0.335 e. The van der Waals surface area contributed by atoms with E-state index < -0.39 is 15.2 Å². The van der Waals surface area contributed by atoms with Crippen molar-refractivity contribution >= 4 is 15.2 Å². The fraction of sp³-hybridized carbons (Fsp3) is 0.400. The average molecular weight is 428 g/mol. The van der Waals surface area contributed by atoms with Crippen LogP contribution in [0.4, 0.5) is 0 Å². The first-order valence-electron chi connectivity index (χ1n) is 9.26. The van der Waals surface area contributed by atoms with Gasteiger partial charge in [-0.15, -0.1) is 0 Å². The highest BCUT2D eigenvalue weighted by Crippen LogP contribution is 2.51. The number of benzene rings is 2. The Morgan fingerprint density at radius 2 is 1.07 bits per heavy atom. The summed E-state index contributed by atoms with van der Waals surface area (Å²) < 4.78 is 38.6. The van der Waals surface area contributed by atoms with Crippen LogP contribution in [-0.4, -0.2) is 24.7 Å². The molecule has 1 unspecified atom stereocenters. The van der Waals surface area contributed by atoms with E-state index in [1.165, 1.54) is 0 Å². The first-order chi connectivity index (χ1) is 13.3. The lowest BCUT2D eigenvalue weighted by Crippen LogP contribution is -1.98. The molecule has 0 aromatic heterocycles. The van der Waals surface area contributed by atoms with Gasteiger partial charge in [0.1, 0.15) is 0 Å². The van der Waals surface area contributed by atoms with Crippen LogP contribution in [0, 0.1) is 0 Å². The highest BCUT2D eigenvalue weighted by Gasteiger charge is 2.23. The molecule has 0 spiro atoms. The third kappa shape index (κ3) is 10.3. The van der Waals surface area contributed by atoms with Gasteiger partial charge < -0.3 is 18.5 Å². The average Bonchev–Trinajstić information content (AvgIpc) is 2.63. The zero-order valence-corrected chi connectivity index (χ0v) is 18.5. The van der Waals surface area contributed by atoms with E-state index >= 15 is 0 Å². The van der Waals surface area contributed by atoms with Crippen LogP contribution in [0.2, 0.25) is 0 Å². The lowest BCUT2D eigenvalue weighted by molar-refractivity contribution is 0.219. The van der Waals surface area contributed by atoms with Gasteiger partial charge >= 0.3 is 15.2 Å². The Hall–Kier alpha value is -1.26. The molecule has 1 N–H and O–H groups in total. The third-order valence-corrected chi connectivity index (χ3v) is 6.91. The number of hydrogen-bond acceptors (Lipinski definition) is 5. The summed E-state index contributed by atoms with van der Waals surface area (Å²) in [6.45, 7) is 6.41. The monoisotopic (exact) mass is 428 g/mol. The molecule has 156 valence electrons. The van der Waals surface area contributed by atoms with Gasteiger partial charge in [-0.1, -0.05) is 60.7 Å². The van der Waals surface area contributed by atoms with Gasteiger partial charge in [0.2, 0.25) is 0 Å². The summed E-state index contributed by atoms with van der Waals surface area (Å²) in [5.74, 6) is 0. The van der Waals surface area contributed by atoms with E-state index in [4.69, 9.17) is 13.6 Å². The van der Waals surface area contributed by atoms with Crippen LogP contribution in [-0.2, 0) is 35.0 Å². The van der Waals surface area contributed by atoms with Crippen LogP contribution in [0.25, 0.3) is 0 Å². The van der Waals surface area contributed by atoms with Crippen molar-refractivity contribution in [2.24, 2.45) is 0 Å². The fourth-order valence-corrected chi connectivity index (χ4v) is 5.26. The first kappa shape index (κ1) is 24.8. The minimum absolute atomic E-state index is 0.0850. The molecule has 0 aliphatic rings. The standard InChI is InChI=1S/C11H17O3P.C9H13O3P/c1-3-13-15(12,14-4-2)10-11-8-6-5-7-9-11;1-2-12-13(10,11)8-9-6-4-3-5-7-9/h5-9H,3-4,10H2,1-2H3;3-7H,2,8H2,1H3,(H,10,11). The topological polar surface area (TPSA) is 82.1 Å². The zero-order valence-electron chi connectivity index (χ0n) is 16.7. The Labute approximate surface area is 167 Å². The maximum absolute atomic E-state index is 12.1. The molecular weight excluding hydrogens is 398 g/mol. The van der Waals surface area contributed by atoms with Crippen molar-refractivity contribution in [2.75, 3.05) is 19.8 Å². The molecule has 1 atom stereocenters. The van der Waals surface area contributed by atoms with E-state index in [1.54, 1.807) is 6.92 Å². The van der Waals surface area contributed by atoms with E-state index in [2.05, 4.69) is 0 Å². The molecule has 0 fully saturated rings. The molecular formula is C20H30O6P2. The van der Waals surface area contributed by atoms with Crippen LogP contribution in [0.3, 0.4) is 0 Å². The maximum Gasteiger partial charge on any atom is 0.335 e. The first-order valence-corrected chi connectivity index (χ1v) is 12.8. The predicted molar refractivity (Wildman–Crippen MR) is 113 cm³/mol. The predicted octanol–water partition coefficient (Wildman–Crippen LogP) is 5.86. The molecule has 0 aliphatic carbocycles. The molecule has 6 nitrogen and oxygen atoms in total. The van der Waals surface area contributed by atoms with E-state index in [0.29, 0.717) is 19.4 Å². The quantitative estimate of drug-likeness (QED) is 0.477. The van der Waals surface area contributed by atoms with Crippen molar-refractivity contribution in [3.63, 3.8) is 0 Å². The summed E-state index contributed by atoms with van der Waals surface area (Å²) in [5, 5.41) is 0. The molecule has 0 amide bonds. The zero-order chi connectivity index (χ0) is 20.9. The van der Waals surface area contributed by atoms with Gasteiger partial charge in [0.25, 0.3) is 0 Å². The molecule has 2 aromatic carbocycles. The lowest BCUT2D eigenvalue weighted by atomic mass is 10.2. The van der Waals surface area contributed by atoms with E-state index in [9.17, 15) is 14.0 Å². The molecule has 0 saturated heterocycles. The van der Waals surface area contributed by atoms with Crippen LogP contribution in [0.15, 0.2) is 60.7 Å². The molecule has 8 heteroatoms. The highest BCUT2D eigenvalue weighted by molar-refractivity contribution is 7.53. The molecule has 0 heterocycles. The maximum atomic E-state index is 12.1. The summed E-state index contributed by atoms with van der Waals surface area (Å²) >= 11 is 0. The van der Waals surface area contributed by atoms with E-state index in [-0.39, 0.29) is 12.8 Å². The molecule has 0 saturated carbocycles. The normalized spacial score (nSPS) is 13.3. The highest BCUT2D eigenvalue weighted by atomic mass is 31.2. The van der Waals surface area contributed by atoms with Crippen molar-refractivity contribution in [1.29, 1.82) is 0 Å². The Kier molecular flexibility index (Phi) is 11.6. The van der Waals surface area contributed by atoms with Gasteiger partial charge in [-0.3, -0.25) is 9.13 Å². The molecule has 2 aromatic rings. The van der Waals surface area contributed by atoms with Gasteiger partial charge in [0.05, 0.1) is 32.1 Å². The van der Waals surface area contributed by atoms with Gasteiger partial charge in [-0.2, -0.15) is 0 Å². The lowest BCUT2D eigenvalue weighted by Gasteiger charge is -2.16. The second-order valence-electron chi connectivity index (χ2n) is 5.79. The Balaban J connectivity index is 0.000000283. The fourth-order valence-electron chi connectivity index (χ4n) is 2.39. The van der Waals surface area contributed by atoms with Gasteiger partial charge in [0, 0.05) is 0 Å². The minimum atomic E-state index is -3.41. The Bertz CT molecular complexity index is 742. The van der Waals surface area contributed by atoms with Crippen molar-refractivity contribution in [3.8, 4) is 0 Å². The summed E-state index contributed by atoms with van der Waals surface area (Å²) in [5.41, 5.74) is 1.80. The minimum Gasteiger partial charge on any atom is -0.324 e. The number of rotatable bonds is 10. The van der Waals surface area contributed by atoms with Crippen molar-refractivity contribution in [3.05, 3.63) is 71.8 Å². The molecule has 2 rings (SSSR count). The summed E-state index contributed by atoms with van der Waals surface area (Å²) in [6.07, 6.45) is 0.428. The Morgan fingerprint density at radius 1 is 0.679 bits per heavy atom. The van der Waals surface area contributed by atoms with Crippen LogP contribution in [0.1, 0.15) is 31.9 Å². The number of hydrogen-bond donors (Lipinski definition) is 1. The second-order valence-corrected chi connectivity index (χ2v) is 9.69. The van der Waals surface area contributed by atoms with E-state index in [0.717, 1.165) is 11.1 Å². The summed E-state index contributed by atoms with van der Waals surface area (Å²) in [7, 11) is -6.36. The molecule has 0 bridgehead atoms. The third-order valence-electron chi connectivity index (χ3n) is 3.43. The Morgan fingerprint density at radius 3 is 1.46 bits per heavy atom. The molecule has 0 radical (unpaired) electrons. The van der Waals surface area contributed by atoms with Crippen molar-refractivity contribution in [2.45, 2.75) is 33.1 Å².